The fraction of sp³-hybridized carbons (Fsp3) is 0.200. The molecule has 0 aromatic heterocycles. The molecular weight excluding hydrogens is 370 g/mol. The Hall–Kier alpha value is -0.680. The minimum atomic E-state index is 0.0908. The van der Waals surface area contributed by atoms with Gasteiger partial charge in [-0.25, -0.2) is 0 Å². The van der Waals surface area contributed by atoms with Gasteiger partial charge in [0.2, 0.25) is 0 Å². The summed E-state index contributed by atoms with van der Waals surface area (Å²) >= 11 is 6.96. The first-order valence-corrected chi connectivity index (χ1v) is 7.61. The molecule has 2 aromatic rings. The van der Waals surface area contributed by atoms with Gasteiger partial charge >= 0.3 is 0 Å². The second kappa shape index (κ2) is 7.20. The third kappa shape index (κ3) is 4.42. The van der Waals surface area contributed by atoms with Crippen LogP contribution in [0.2, 0.25) is 0 Å². The average Bonchev–Trinajstić information content (AvgIpc) is 2.43. The molecule has 2 rings (SSSR count). The van der Waals surface area contributed by atoms with Crippen molar-refractivity contribution in [3.8, 4) is 0 Å². The van der Waals surface area contributed by atoms with Gasteiger partial charge in [0.05, 0.1) is 6.61 Å². The van der Waals surface area contributed by atoms with Crippen LogP contribution >= 0.6 is 31.9 Å². The fourth-order valence-electron chi connectivity index (χ4n) is 1.84. The topological polar surface area (TPSA) is 32.3 Å². The molecule has 0 radical (unpaired) electrons. The summed E-state index contributed by atoms with van der Waals surface area (Å²) in [6.07, 6.45) is 0. The van der Waals surface area contributed by atoms with Crippen LogP contribution in [0.1, 0.15) is 16.7 Å². The summed E-state index contributed by atoms with van der Waals surface area (Å²) in [7, 11) is 0. The third-order valence-corrected chi connectivity index (χ3v) is 4.70. The van der Waals surface area contributed by atoms with Gasteiger partial charge in [-0.15, -0.1) is 0 Å². The van der Waals surface area contributed by atoms with Crippen molar-refractivity contribution < 1.29 is 5.11 Å². The van der Waals surface area contributed by atoms with E-state index in [1.54, 1.807) is 0 Å². The SMILES string of the molecule is OCc1cccc(CNCc2ccc(Br)c(Br)c2)c1. The molecule has 100 valence electrons. The van der Waals surface area contributed by atoms with Gasteiger partial charge in [0.15, 0.2) is 0 Å². The van der Waals surface area contributed by atoms with Gasteiger partial charge in [-0.05, 0) is 60.7 Å². The second-order valence-corrected chi connectivity index (χ2v) is 6.04. The van der Waals surface area contributed by atoms with Crippen LogP contribution in [0.15, 0.2) is 51.4 Å². The van der Waals surface area contributed by atoms with Crippen molar-refractivity contribution in [3.63, 3.8) is 0 Å². The lowest BCUT2D eigenvalue weighted by molar-refractivity contribution is 0.281. The Morgan fingerprint density at radius 2 is 1.53 bits per heavy atom. The number of aliphatic hydroxyl groups excluding tert-OH is 1. The Kier molecular flexibility index (Phi) is 5.58. The van der Waals surface area contributed by atoms with Crippen LogP contribution in [0.3, 0.4) is 0 Å². The molecule has 0 aliphatic carbocycles. The number of rotatable bonds is 5. The Bertz CT molecular complexity index is 558. The molecule has 0 saturated carbocycles. The van der Waals surface area contributed by atoms with E-state index in [2.05, 4.69) is 55.4 Å². The highest BCUT2D eigenvalue weighted by molar-refractivity contribution is 9.13. The summed E-state index contributed by atoms with van der Waals surface area (Å²) in [4.78, 5) is 0. The number of hydrogen-bond donors (Lipinski definition) is 2. The number of nitrogens with one attached hydrogen (secondary N) is 1. The Balaban J connectivity index is 1.90. The predicted octanol–water partition coefficient (Wildman–Crippen LogP) is 3.99. The second-order valence-electron chi connectivity index (χ2n) is 4.33. The van der Waals surface area contributed by atoms with Crippen molar-refractivity contribution in [2.75, 3.05) is 0 Å². The smallest absolute Gasteiger partial charge is 0.0681 e. The van der Waals surface area contributed by atoms with Crippen molar-refractivity contribution in [1.82, 2.24) is 5.32 Å². The molecule has 2 nitrogen and oxygen atoms in total. The first-order valence-electron chi connectivity index (χ1n) is 6.02. The number of halogens is 2. The van der Waals surface area contributed by atoms with Crippen LogP contribution in [0.25, 0.3) is 0 Å². The number of aliphatic hydroxyl groups is 1. The maximum atomic E-state index is 9.09. The molecule has 0 aliphatic rings. The molecule has 0 aliphatic heterocycles. The van der Waals surface area contributed by atoms with Gasteiger partial charge in [-0.3, -0.25) is 0 Å². The van der Waals surface area contributed by atoms with E-state index in [9.17, 15) is 0 Å². The molecule has 19 heavy (non-hydrogen) atoms. The van der Waals surface area contributed by atoms with Crippen LogP contribution in [0, 0.1) is 0 Å². The monoisotopic (exact) mass is 383 g/mol. The number of hydrogen-bond acceptors (Lipinski definition) is 2. The predicted molar refractivity (Wildman–Crippen MR) is 84.8 cm³/mol. The molecule has 2 N–H and O–H groups in total. The third-order valence-electron chi connectivity index (χ3n) is 2.82. The highest BCUT2D eigenvalue weighted by Gasteiger charge is 1.99. The molecule has 2 aromatic carbocycles. The van der Waals surface area contributed by atoms with E-state index < -0.39 is 0 Å². The van der Waals surface area contributed by atoms with E-state index in [0.29, 0.717) is 0 Å². The molecule has 0 amide bonds. The minimum absolute atomic E-state index is 0.0908. The first-order chi connectivity index (χ1) is 9.19. The molecule has 0 fully saturated rings. The highest BCUT2D eigenvalue weighted by atomic mass is 79.9. The Morgan fingerprint density at radius 1 is 0.842 bits per heavy atom. The van der Waals surface area contributed by atoms with Crippen molar-refractivity contribution in [3.05, 3.63) is 68.1 Å². The quantitative estimate of drug-likeness (QED) is 0.816. The Labute approximate surface area is 130 Å². The van der Waals surface area contributed by atoms with Crippen molar-refractivity contribution in [1.29, 1.82) is 0 Å². The largest absolute Gasteiger partial charge is 0.392 e. The van der Waals surface area contributed by atoms with Crippen LogP contribution in [-0.2, 0) is 19.7 Å². The maximum absolute atomic E-state index is 9.09. The van der Waals surface area contributed by atoms with Crippen LogP contribution in [0.5, 0.6) is 0 Å². The zero-order valence-electron chi connectivity index (χ0n) is 10.4. The van der Waals surface area contributed by atoms with Gasteiger partial charge < -0.3 is 10.4 Å². The summed E-state index contributed by atoms with van der Waals surface area (Å²) in [6, 6.07) is 14.2. The lowest BCUT2D eigenvalue weighted by Crippen LogP contribution is -2.12. The van der Waals surface area contributed by atoms with Crippen LogP contribution < -0.4 is 5.32 Å². The maximum Gasteiger partial charge on any atom is 0.0681 e. The molecule has 0 heterocycles. The highest BCUT2D eigenvalue weighted by Crippen LogP contribution is 2.23. The van der Waals surface area contributed by atoms with Crippen molar-refractivity contribution in [2.45, 2.75) is 19.7 Å². The van der Waals surface area contributed by atoms with E-state index in [-0.39, 0.29) is 6.61 Å². The summed E-state index contributed by atoms with van der Waals surface area (Å²) < 4.78 is 2.13. The Morgan fingerprint density at radius 3 is 2.21 bits per heavy atom. The molecule has 0 saturated heterocycles. The van der Waals surface area contributed by atoms with E-state index in [1.807, 2.05) is 24.3 Å². The van der Waals surface area contributed by atoms with E-state index >= 15 is 0 Å². The molecular formula is C15H15Br2NO. The van der Waals surface area contributed by atoms with Crippen molar-refractivity contribution >= 4 is 31.9 Å². The lowest BCUT2D eigenvalue weighted by Gasteiger charge is -2.07. The van der Waals surface area contributed by atoms with Gasteiger partial charge in [0.25, 0.3) is 0 Å². The zero-order valence-corrected chi connectivity index (χ0v) is 13.5. The van der Waals surface area contributed by atoms with Gasteiger partial charge in [0, 0.05) is 22.0 Å². The minimum Gasteiger partial charge on any atom is -0.392 e. The first kappa shape index (κ1) is 14.7. The molecule has 4 heteroatoms. The molecule has 0 bridgehead atoms. The summed E-state index contributed by atoms with van der Waals surface area (Å²) in [5.41, 5.74) is 3.36. The van der Waals surface area contributed by atoms with Gasteiger partial charge in [0.1, 0.15) is 0 Å². The fourth-order valence-corrected chi connectivity index (χ4v) is 2.51. The molecule has 0 atom stereocenters. The average molecular weight is 385 g/mol. The van der Waals surface area contributed by atoms with Crippen molar-refractivity contribution in [2.24, 2.45) is 0 Å². The van der Waals surface area contributed by atoms with Crippen LogP contribution in [0.4, 0.5) is 0 Å². The molecule has 0 spiro atoms. The lowest BCUT2D eigenvalue weighted by atomic mass is 10.1. The normalized spacial score (nSPS) is 10.7. The standard InChI is InChI=1S/C15H15Br2NO/c16-14-5-4-12(7-15(14)17)9-18-8-11-2-1-3-13(6-11)10-19/h1-7,18-19H,8-10H2. The van der Waals surface area contributed by atoms with Crippen LogP contribution in [-0.4, -0.2) is 5.11 Å². The zero-order chi connectivity index (χ0) is 13.7. The summed E-state index contributed by atoms with van der Waals surface area (Å²) in [5, 5.41) is 12.5. The summed E-state index contributed by atoms with van der Waals surface area (Å²) in [5.74, 6) is 0. The summed E-state index contributed by atoms with van der Waals surface area (Å²) in [6.45, 7) is 1.70. The van der Waals surface area contributed by atoms with E-state index in [4.69, 9.17) is 5.11 Å². The van der Waals surface area contributed by atoms with Gasteiger partial charge in [-0.2, -0.15) is 0 Å². The number of benzene rings is 2. The van der Waals surface area contributed by atoms with E-state index in [0.717, 1.165) is 27.6 Å². The van der Waals surface area contributed by atoms with Gasteiger partial charge in [-0.1, -0.05) is 30.3 Å². The molecule has 0 unspecified atom stereocenters. The van der Waals surface area contributed by atoms with E-state index in [1.165, 1.54) is 11.1 Å².